The molecule has 5 heteroatoms. The number of nitrogens with zero attached hydrogens (tertiary/aromatic N) is 3. The van der Waals surface area contributed by atoms with E-state index in [4.69, 9.17) is 4.42 Å². The number of rotatable bonds is 4. The number of aromatic nitrogens is 2. The lowest BCUT2D eigenvalue weighted by Gasteiger charge is -2.03. The Kier molecular flexibility index (Phi) is 3.78. The van der Waals surface area contributed by atoms with Crippen LogP contribution in [0.4, 0.5) is 6.01 Å². The van der Waals surface area contributed by atoms with Gasteiger partial charge in [0.2, 0.25) is 5.89 Å². The molecule has 0 unspecified atom stereocenters. The zero-order valence-corrected chi connectivity index (χ0v) is 11.4. The van der Waals surface area contributed by atoms with Gasteiger partial charge >= 0.3 is 6.01 Å². The second kappa shape index (κ2) is 5.31. The van der Waals surface area contributed by atoms with Crippen LogP contribution in [0, 0.1) is 0 Å². The van der Waals surface area contributed by atoms with Crippen molar-refractivity contribution in [3.8, 4) is 0 Å². The van der Waals surface area contributed by atoms with Gasteiger partial charge in [0.25, 0.3) is 0 Å². The second-order valence-electron chi connectivity index (χ2n) is 3.96. The number of hydrogen-bond acceptors (Lipinski definition) is 4. The molecular weight excluding hydrogens is 282 g/mol. The first-order chi connectivity index (χ1) is 8.16. The van der Waals surface area contributed by atoms with Crippen molar-refractivity contribution < 1.29 is 4.42 Å². The molecule has 0 saturated heterocycles. The topological polar surface area (TPSA) is 42.2 Å². The van der Waals surface area contributed by atoms with Crippen LogP contribution in [0.3, 0.4) is 0 Å². The summed E-state index contributed by atoms with van der Waals surface area (Å²) in [6, 6.07) is 8.71. The molecule has 0 radical (unpaired) electrons. The predicted molar refractivity (Wildman–Crippen MR) is 70.2 cm³/mol. The molecule has 1 aromatic heterocycles. The number of hydrogen-bond donors (Lipinski definition) is 0. The van der Waals surface area contributed by atoms with Crippen molar-refractivity contribution in [2.24, 2.45) is 0 Å². The van der Waals surface area contributed by atoms with Gasteiger partial charge in [-0.05, 0) is 18.1 Å². The third kappa shape index (κ3) is 3.06. The molecule has 1 aromatic carbocycles. The summed E-state index contributed by atoms with van der Waals surface area (Å²) in [4.78, 5) is 1.80. The molecular formula is C12H14BrN3O. The molecule has 2 aromatic rings. The summed E-state index contributed by atoms with van der Waals surface area (Å²) in [6.45, 7) is 0. The Bertz CT molecular complexity index is 496. The minimum absolute atomic E-state index is 0.548. The van der Waals surface area contributed by atoms with E-state index in [0.717, 1.165) is 17.3 Å². The third-order valence-electron chi connectivity index (χ3n) is 2.40. The van der Waals surface area contributed by atoms with E-state index >= 15 is 0 Å². The molecule has 90 valence electrons. The summed E-state index contributed by atoms with van der Waals surface area (Å²) >= 11 is 3.52. The Labute approximate surface area is 109 Å². The van der Waals surface area contributed by atoms with Crippen LogP contribution in [0.1, 0.15) is 11.5 Å². The number of benzene rings is 1. The van der Waals surface area contributed by atoms with Gasteiger partial charge in [0.05, 0.1) is 0 Å². The van der Waals surface area contributed by atoms with Crippen LogP contribution in [-0.2, 0) is 12.8 Å². The minimum Gasteiger partial charge on any atom is -0.408 e. The zero-order chi connectivity index (χ0) is 12.3. The fourth-order valence-electron chi connectivity index (χ4n) is 1.47. The van der Waals surface area contributed by atoms with Crippen LogP contribution in [-0.4, -0.2) is 24.3 Å². The van der Waals surface area contributed by atoms with E-state index in [-0.39, 0.29) is 0 Å². The van der Waals surface area contributed by atoms with Gasteiger partial charge in [0.1, 0.15) is 0 Å². The normalized spacial score (nSPS) is 10.5. The highest BCUT2D eigenvalue weighted by Gasteiger charge is 2.08. The van der Waals surface area contributed by atoms with E-state index in [2.05, 4.69) is 32.2 Å². The monoisotopic (exact) mass is 295 g/mol. The lowest BCUT2D eigenvalue weighted by Crippen LogP contribution is -2.08. The number of aryl methyl sites for hydroxylation is 2. The lowest BCUT2D eigenvalue weighted by molar-refractivity contribution is 0.493. The van der Waals surface area contributed by atoms with Crippen LogP contribution in [0.15, 0.2) is 33.2 Å². The molecule has 2 rings (SSSR count). The SMILES string of the molecule is CN(C)c1nnc(CCc2ccccc2Br)o1. The van der Waals surface area contributed by atoms with Gasteiger partial charge in [-0.2, -0.15) is 0 Å². The van der Waals surface area contributed by atoms with Gasteiger partial charge in [0.15, 0.2) is 0 Å². The molecule has 0 atom stereocenters. The average molecular weight is 296 g/mol. The lowest BCUT2D eigenvalue weighted by atomic mass is 10.1. The Morgan fingerprint density at radius 2 is 1.94 bits per heavy atom. The fraction of sp³-hybridized carbons (Fsp3) is 0.333. The molecule has 0 bridgehead atoms. The van der Waals surface area contributed by atoms with Crippen LogP contribution >= 0.6 is 15.9 Å². The van der Waals surface area contributed by atoms with Crippen molar-refractivity contribution in [3.63, 3.8) is 0 Å². The summed E-state index contributed by atoms with van der Waals surface area (Å²) in [5, 5.41) is 7.96. The molecule has 0 aliphatic heterocycles. The first kappa shape index (κ1) is 12.1. The average Bonchev–Trinajstić information content (AvgIpc) is 2.77. The molecule has 0 aliphatic rings. The minimum atomic E-state index is 0.548. The van der Waals surface area contributed by atoms with Crippen molar-refractivity contribution in [3.05, 3.63) is 40.2 Å². The quantitative estimate of drug-likeness (QED) is 0.870. The highest BCUT2D eigenvalue weighted by molar-refractivity contribution is 9.10. The van der Waals surface area contributed by atoms with E-state index in [0.29, 0.717) is 11.9 Å². The van der Waals surface area contributed by atoms with E-state index in [9.17, 15) is 0 Å². The zero-order valence-electron chi connectivity index (χ0n) is 9.85. The van der Waals surface area contributed by atoms with Gasteiger partial charge in [0, 0.05) is 25.0 Å². The smallest absolute Gasteiger partial charge is 0.317 e. The fourth-order valence-corrected chi connectivity index (χ4v) is 1.95. The molecule has 0 saturated carbocycles. The van der Waals surface area contributed by atoms with Crippen molar-refractivity contribution in [2.75, 3.05) is 19.0 Å². The Hall–Kier alpha value is -1.36. The summed E-state index contributed by atoms with van der Waals surface area (Å²) < 4.78 is 6.61. The van der Waals surface area contributed by atoms with Crippen molar-refractivity contribution in [1.29, 1.82) is 0 Å². The molecule has 0 spiro atoms. The van der Waals surface area contributed by atoms with Gasteiger partial charge in [-0.3, -0.25) is 0 Å². The maximum atomic E-state index is 5.50. The van der Waals surface area contributed by atoms with E-state index in [1.165, 1.54) is 5.56 Å². The van der Waals surface area contributed by atoms with Crippen molar-refractivity contribution >= 4 is 21.9 Å². The molecule has 4 nitrogen and oxygen atoms in total. The standard InChI is InChI=1S/C12H14BrN3O/c1-16(2)12-15-14-11(17-12)8-7-9-5-3-4-6-10(9)13/h3-6H,7-8H2,1-2H3. The summed E-state index contributed by atoms with van der Waals surface area (Å²) in [5.74, 6) is 0.671. The highest BCUT2D eigenvalue weighted by Crippen LogP contribution is 2.18. The maximum absolute atomic E-state index is 5.50. The molecule has 17 heavy (non-hydrogen) atoms. The van der Waals surface area contributed by atoms with Gasteiger partial charge in [-0.25, -0.2) is 0 Å². The molecule has 0 aliphatic carbocycles. The molecule has 1 heterocycles. The largest absolute Gasteiger partial charge is 0.408 e. The number of anilines is 1. The van der Waals surface area contributed by atoms with E-state index < -0.39 is 0 Å². The highest BCUT2D eigenvalue weighted by atomic mass is 79.9. The van der Waals surface area contributed by atoms with Gasteiger partial charge < -0.3 is 9.32 Å². The Balaban J connectivity index is 2.00. The van der Waals surface area contributed by atoms with Crippen LogP contribution in [0.25, 0.3) is 0 Å². The van der Waals surface area contributed by atoms with Gasteiger partial charge in [-0.1, -0.05) is 39.2 Å². The van der Waals surface area contributed by atoms with Crippen molar-refractivity contribution in [2.45, 2.75) is 12.8 Å². The van der Waals surface area contributed by atoms with Crippen LogP contribution < -0.4 is 4.90 Å². The first-order valence-corrected chi connectivity index (χ1v) is 6.19. The summed E-state index contributed by atoms with van der Waals surface area (Å²) in [5.41, 5.74) is 1.25. The van der Waals surface area contributed by atoms with Crippen LogP contribution in [0.2, 0.25) is 0 Å². The molecule has 0 amide bonds. The predicted octanol–water partition coefficient (Wildman–Crippen LogP) is 2.68. The first-order valence-electron chi connectivity index (χ1n) is 5.40. The Morgan fingerprint density at radius 3 is 2.59 bits per heavy atom. The van der Waals surface area contributed by atoms with Crippen molar-refractivity contribution in [1.82, 2.24) is 10.2 Å². The second-order valence-corrected chi connectivity index (χ2v) is 4.82. The molecule has 0 fully saturated rings. The van der Waals surface area contributed by atoms with Crippen LogP contribution in [0.5, 0.6) is 0 Å². The maximum Gasteiger partial charge on any atom is 0.317 e. The Morgan fingerprint density at radius 1 is 1.18 bits per heavy atom. The number of halogens is 1. The third-order valence-corrected chi connectivity index (χ3v) is 3.18. The molecule has 0 N–H and O–H groups in total. The summed E-state index contributed by atoms with van der Waals surface area (Å²) in [7, 11) is 3.76. The van der Waals surface area contributed by atoms with Gasteiger partial charge in [-0.15, -0.1) is 5.10 Å². The summed E-state index contributed by atoms with van der Waals surface area (Å²) in [6.07, 6.45) is 1.64. The van der Waals surface area contributed by atoms with E-state index in [1.807, 2.05) is 32.3 Å². The van der Waals surface area contributed by atoms with E-state index in [1.54, 1.807) is 4.90 Å².